The Labute approximate surface area is 206 Å². The van der Waals surface area contributed by atoms with E-state index in [-0.39, 0.29) is 4.90 Å². The molecule has 0 spiro atoms. The molecule has 0 bridgehead atoms. The first-order valence-corrected chi connectivity index (χ1v) is 13.3. The molecule has 5 rings (SSSR count). The van der Waals surface area contributed by atoms with Gasteiger partial charge in [0.15, 0.2) is 5.13 Å². The fourth-order valence-corrected chi connectivity index (χ4v) is 5.49. The van der Waals surface area contributed by atoms with Crippen molar-refractivity contribution in [3.8, 4) is 0 Å². The third kappa shape index (κ3) is 5.70. The molecule has 1 aliphatic rings. The number of hydrogen-bond donors (Lipinski definition) is 3. The highest BCUT2D eigenvalue weighted by Crippen LogP contribution is 2.25. The van der Waals surface area contributed by atoms with E-state index in [0.717, 1.165) is 34.3 Å². The Kier molecular flexibility index (Phi) is 6.53. The second-order valence-electron chi connectivity index (χ2n) is 8.01. The van der Waals surface area contributed by atoms with Gasteiger partial charge >= 0.3 is 0 Å². The van der Waals surface area contributed by atoms with E-state index in [1.165, 1.54) is 23.5 Å². The van der Waals surface area contributed by atoms with Crippen molar-refractivity contribution in [1.29, 1.82) is 0 Å². The zero-order valence-electron chi connectivity index (χ0n) is 18.7. The van der Waals surface area contributed by atoms with Crippen LogP contribution in [0.15, 0.2) is 64.2 Å². The second-order valence-corrected chi connectivity index (χ2v) is 10.7. The SMILES string of the molecule is Nc1nc2ccc(/C=C/c3cnc(Nc4ccc(S(=O)(=O)/N=C5\CCCNC5)cc4)nc3)cc2s1. The summed E-state index contributed by atoms with van der Waals surface area (Å²) < 4.78 is 30.1. The molecule has 2 aromatic heterocycles. The average Bonchev–Trinajstić information content (AvgIpc) is 3.23. The van der Waals surface area contributed by atoms with Crippen molar-refractivity contribution < 1.29 is 8.42 Å². The van der Waals surface area contributed by atoms with Gasteiger partial charge in [0.2, 0.25) is 5.95 Å². The van der Waals surface area contributed by atoms with Crippen LogP contribution in [0.5, 0.6) is 0 Å². The molecule has 0 atom stereocenters. The van der Waals surface area contributed by atoms with Gasteiger partial charge in [0, 0.05) is 35.9 Å². The van der Waals surface area contributed by atoms with E-state index >= 15 is 0 Å². The summed E-state index contributed by atoms with van der Waals surface area (Å²) in [5, 5.41) is 6.78. The number of fused-ring (bicyclic) bond motifs is 1. The monoisotopic (exact) mass is 505 g/mol. The van der Waals surface area contributed by atoms with E-state index < -0.39 is 10.0 Å². The van der Waals surface area contributed by atoms with Gasteiger partial charge in [-0.25, -0.2) is 15.0 Å². The van der Waals surface area contributed by atoms with Crippen molar-refractivity contribution in [2.75, 3.05) is 24.1 Å². The third-order valence-electron chi connectivity index (χ3n) is 5.37. The quantitative estimate of drug-likeness (QED) is 0.356. The lowest BCUT2D eigenvalue weighted by Gasteiger charge is -2.13. The van der Waals surface area contributed by atoms with Crippen molar-refractivity contribution in [2.45, 2.75) is 17.7 Å². The molecule has 0 amide bonds. The van der Waals surface area contributed by atoms with E-state index in [1.54, 1.807) is 24.5 Å². The summed E-state index contributed by atoms with van der Waals surface area (Å²) in [6, 6.07) is 12.4. The van der Waals surface area contributed by atoms with Crippen molar-refractivity contribution >= 4 is 66.2 Å². The van der Waals surface area contributed by atoms with Crippen LogP contribution in [0, 0.1) is 0 Å². The highest BCUT2D eigenvalue weighted by molar-refractivity contribution is 7.90. The molecule has 1 aliphatic heterocycles. The predicted octanol–water partition coefficient (Wildman–Crippen LogP) is 4.10. The number of hydrogen-bond acceptors (Lipinski definition) is 9. The van der Waals surface area contributed by atoms with E-state index in [0.29, 0.717) is 35.4 Å². The van der Waals surface area contributed by atoms with Crippen LogP contribution in [0.4, 0.5) is 16.8 Å². The molecule has 11 heteroatoms. The van der Waals surface area contributed by atoms with Gasteiger partial charge < -0.3 is 16.4 Å². The molecule has 1 fully saturated rings. The van der Waals surface area contributed by atoms with E-state index in [2.05, 4.69) is 30.0 Å². The lowest BCUT2D eigenvalue weighted by molar-refractivity contribution is 0.596. The van der Waals surface area contributed by atoms with Gasteiger partial charge in [0.1, 0.15) is 0 Å². The first kappa shape index (κ1) is 23.1. The Bertz CT molecular complexity index is 1500. The molecule has 0 radical (unpaired) electrons. The molecule has 0 unspecified atom stereocenters. The Morgan fingerprint density at radius 1 is 1.06 bits per heavy atom. The van der Waals surface area contributed by atoms with Gasteiger partial charge in [0.05, 0.1) is 15.1 Å². The molecule has 4 N–H and O–H groups in total. The zero-order chi connectivity index (χ0) is 24.3. The van der Waals surface area contributed by atoms with Gasteiger partial charge in [0.25, 0.3) is 10.0 Å². The van der Waals surface area contributed by atoms with Crippen LogP contribution in [-0.2, 0) is 10.0 Å². The van der Waals surface area contributed by atoms with Crippen LogP contribution in [0.3, 0.4) is 0 Å². The summed E-state index contributed by atoms with van der Waals surface area (Å²) in [4.78, 5) is 13.1. The summed E-state index contributed by atoms with van der Waals surface area (Å²) in [6.45, 7) is 1.40. The highest BCUT2D eigenvalue weighted by atomic mass is 32.2. The third-order valence-corrected chi connectivity index (χ3v) is 7.59. The van der Waals surface area contributed by atoms with Crippen molar-refractivity contribution in [2.24, 2.45) is 4.40 Å². The number of piperidine rings is 1. The molecule has 178 valence electrons. The van der Waals surface area contributed by atoms with Crippen molar-refractivity contribution in [3.63, 3.8) is 0 Å². The normalized spacial score (nSPS) is 15.7. The number of nitrogens with one attached hydrogen (secondary N) is 2. The van der Waals surface area contributed by atoms with Crippen LogP contribution < -0.4 is 16.4 Å². The minimum absolute atomic E-state index is 0.154. The smallest absolute Gasteiger partial charge is 0.282 e. The van der Waals surface area contributed by atoms with Crippen LogP contribution in [0.1, 0.15) is 24.0 Å². The van der Waals surface area contributed by atoms with Crippen molar-refractivity contribution in [3.05, 3.63) is 66.0 Å². The number of nitrogen functional groups attached to an aromatic ring is 1. The lowest BCUT2D eigenvalue weighted by Crippen LogP contribution is -2.30. The fraction of sp³-hybridized carbons (Fsp3) is 0.167. The highest BCUT2D eigenvalue weighted by Gasteiger charge is 2.16. The standard InChI is InChI=1S/C24H23N7O2S2/c25-23-30-21-10-5-16(12-22(21)34-23)3-4-17-13-27-24(28-14-17)29-18-6-8-20(9-7-18)35(32,33)31-19-2-1-11-26-15-19/h3-10,12-14,26H,1-2,11,15H2,(H2,25,30)(H,27,28,29)/b4-3+,31-19+. The van der Waals surface area contributed by atoms with Gasteiger partial charge in [-0.05, 0) is 61.3 Å². The van der Waals surface area contributed by atoms with E-state index in [4.69, 9.17) is 5.73 Å². The molecule has 2 aromatic carbocycles. The number of aromatic nitrogens is 3. The number of thiazole rings is 1. The minimum Gasteiger partial charge on any atom is -0.375 e. The molecule has 3 heterocycles. The molecule has 35 heavy (non-hydrogen) atoms. The van der Waals surface area contributed by atoms with Gasteiger partial charge in [-0.15, -0.1) is 0 Å². The number of sulfonamides is 1. The first-order valence-electron chi connectivity index (χ1n) is 11.0. The summed E-state index contributed by atoms with van der Waals surface area (Å²) in [5.41, 5.74) is 9.88. The first-order chi connectivity index (χ1) is 16.9. The number of anilines is 3. The summed E-state index contributed by atoms with van der Waals surface area (Å²) in [6.07, 6.45) is 8.92. The largest absolute Gasteiger partial charge is 0.375 e. The van der Waals surface area contributed by atoms with Crippen LogP contribution in [0.2, 0.25) is 0 Å². The lowest BCUT2D eigenvalue weighted by atomic mass is 10.1. The van der Waals surface area contributed by atoms with Crippen LogP contribution in [0.25, 0.3) is 22.4 Å². The van der Waals surface area contributed by atoms with E-state index in [9.17, 15) is 8.42 Å². The van der Waals surface area contributed by atoms with Gasteiger partial charge in [-0.2, -0.15) is 12.8 Å². The summed E-state index contributed by atoms with van der Waals surface area (Å²) >= 11 is 1.46. The topological polar surface area (TPSA) is 135 Å². The fourth-order valence-electron chi connectivity index (χ4n) is 3.62. The second kappa shape index (κ2) is 9.90. The summed E-state index contributed by atoms with van der Waals surface area (Å²) in [7, 11) is -3.72. The molecular weight excluding hydrogens is 482 g/mol. The molecule has 1 saturated heterocycles. The Morgan fingerprint density at radius 3 is 2.57 bits per heavy atom. The Morgan fingerprint density at radius 2 is 1.83 bits per heavy atom. The molecule has 0 aliphatic carbocycles. The maximum absolute atomic E-state index is 12.6. The van der Waals surface area contributed by atoms with Crippen LogP contribution >= 0.6 is 11.3 Å². The average molecular weight is 506 g/mol. The number of benzene rings is 2. The Balaban J connectivity index is 1.23. The van der Waals surface area contributed by atoms with Crippen LogP contribution in [-0.4, -0.2) is 42.2 Å². The van der Waals surface area contributed by atoms with Gasteiger partial charge in [-0.3, -0.25) is 0 Å². The molecular formula is C24H23N7O2S2. The number of nitrogens with two attached hydrogens (primary N) is 1. The van der Waals surface area contributed by atoms with Gasteiger partial charge in [-0.1, -0.05) is 29.6 Å². The van der Waals surface area contributed by atoms with Crippen molar-refractivity contribution in [1.82, 2.24) is 20.3 Å². The number of nitrogens with zero attached hydrogens (tertiary/aromatic N) is 4. The maximum atomic E-state index is 12.6. The molecule has 4 aromatic rings. The predicted molar refractivity (Wildman–Crippen MR) is 141 cm³/mol. The van der Waals surface area contributed by atoms with E-state index in [1.807, 2.05) is 30.4 Å². The zero-order valence-corrected chi connectivity index (χ0v) is 20.3. The number of rotatable bonds is 6. The maximum Gasteiger partial charge on any atom is 0.282 e. The minimum atomic E-state index is -3.72. The summed E-state index contributed by atoms with van der Waals surface area (Å²) in [5.74, 6) is 0.410. The molecule has 0 saturated carbocycles. The molecule has 9 nitrogen and oxygen atoms in total. The Hall–Kier alpha value is -3.67.